The van der Waals surface area contributed by atoms with Gasteiger partial charge in [-0.05, 0) is 47.8 Å². The van der Waals surface area contributed by atoms with Crippen LogP contribution in [0.15, 0.2) is 82.8 Å². The van der Waals surface area contributed by atoms with Crippen molar-refractivity contribution in [3.8, 4) is 17.2 Å². The number of thiophene rings is 1. The van der Waals surface area contributed by atoms with Gasteiger partial charge in [-0.3, -0.25) is 14.4 Å². The molecule has 1 unspecified atom stereocenters. The number of oxazole rings is 1. The molecule has 0 aliphatic carbocycles. The Morgan fingerprint density at radius 2 is 1.85 bits per heavy atom. The predicted octanol–water partition coefficient (Wildman–Crippen LogP) is 4.31. The Kier molecular flexibility index (Phi) is 7.62. The standard InChI is InChI=1S/C26H22N2O5S/c29-16-23(30)22(24-7-4-14-34-24)15-27-25(31)18-8-10-21(11-9-18)32-13-12-20-17-33-26(28-20)19-5-2-1-3-6-19/h1-11,14,16-17,22H,12-13,15H2,(H,27,31). The van der Waals surface area contributed by atoms with Crippen LogP contribution in [0.5, 0.6) is 5.75 Å². The monoisotopic (exact) mass is 474 g/mol. The number of ketones is 1. The minimum Gasteiger partial charge on any atom is -0.493 e. The number of nitrogens with one attached hydrogen (secondary N) is 1. The highest BCUT2D eigenvalue weighted by Gasteiger charge is 2.22. The summed E-state index contributed by atoms with van der Waals surface area (Å²) in [6, 6.07) is 20.0. The van der Waals surface area contributed by atoms with Gasteiger partial charge in [0.1, 0.15) is 12.0 Å². The molecule has 2 aromatic heterocycles. The zero-order valence-corrected chi connectivity index (χ0v) is 19.0. The third kappa shape index (κ3) is 5.85. The molecule has 4 aromatic rings. The highest BCUT2D eigenvalue weighted by Crippen LogP contribution is 2.22. The lowest BCUT2D eigenvalue weighted by Crippen LogP contribution is -2.31. The second-order valence-electron chi connectivity index (χ2n) is 7.43. The van der Waals surface area contributed by atoms with Gasteiger partial charge in [0.05, 0.1) is 18.2 Å². The fraction of sp³-hybridized carbons (Fsp3) is 0.154. The molecule has 1 atom stereocenters. The Hall–Kier alpha value is -4.04. The Balaban J connectivity index is 1.26. The molecule has 1 amide bonds. The van der Waals surface area contributed by atoms with Crippen molar-refractivity contribution in [1.82, 2.24) is 10.3 Å². The van der Waals surface area contributed by atoms with Crippen molar-refractivity contribution in [3.05, 3.63) is 94.5 Å². The number of rotatable bonds is 11. The molecule has 0 aliphatic heterocycles. The van der Waals surface area contributed by atoms with Gasteiger partial charge in [0.25, 0.3) is 5.91 Å². The van der Waals surface area contributed by atoms with E-state index < -0.39 is 11.7 Å². The van der Waals surface area contributed by atoms with E-state index in [1.165, 1.54) is 11.3 Å². The van der Waals surface area contributed by atoms with Crippen molar-refractivity contribution < 1.29 is 23.5 Å². The molecule has 0 fully saturated rings. The molecule has 0 saturated carbocycles. The summed E-state index contributed by atoms with van der Waals surface area (Å²) in [5.74, 6) is -0.376. The van der Waals surface area contributed by atoms with E-state index in [0.29, 0.717) is 36.5 Å². The van der Waals surface area contributed by atoms with Crippen LogP contribution in [0, 0.1) is 0 Å². The molecule has 0 radical (unpaired) electrons. The molecular formula is C26H22N2O5S. The normalized spacial score (nSPS) is 11.5. The molecule has 0 bridgehead atoms. The maximum Gasteiger partial charge on any atom is 0.251 e. The summed E-state index contributed by atoms with van der Waals surface area (Å²) in [4.78, 5) is 40.6. The minimum absolute atomic E-state index is 0.0534. The SMILES string of the molecule is O=CC(=O)C(CNC(=O)c1ccc(OCCc2coc(-c3ccccc3)n2)cc1)c1cccs1. The topological polar surface area (TPSA) is 98.5 Å². The van der Waals surface area contributed by atoms with Crippen LogP contribution in [0.25, 0.3) is 11.5 Å². The van der Waals surface area contributed by atoms with E-state index in [9.17, 15) is 14.4 Å². The summed E-state index contributed by atoms with van der Waals surface area (Å²) in [5, 5.41) is 4.56. The van der Waals surface area contributed by atoms with Gasteiger partial charge in [0.2, 0.25) is 11.7 Å². The number of amides is 1. The molecule has 0 aliphatic rings. The van der Waals surface area contributed by atoms with Crippen LogP contribution in [0.1, 0.15) is 26.8 Å². The summed E-state index contributed by atoms with van der Waals surface area (Å²) in [6.45, 7) is 0.459. The Bertz CT molecular complexity index is 1230. The average Bonchev–Trinajstić information content (AvgIpc) is 3.58. The number of hydrogen-bond donors (Lipinski definition) is 1. The van der Waals surface area contributed by atoms with Gasteiger partial charge in [0, 0.05) is 29.0 Å². The Morgan fingerprint density at radius 3 is 2.56 bits per heavy atom. The number of aromatic nitrogens is 1. The lowest BCUT2D eigenvalue weighted by molar-refractivity contribution is -0.130. The number of ether oxygens (including phenoxy) is 1. The zero-order valence-electron chi connectivity index (χ0n) is 18.2. The van der Waals surface area contributed by atoms with E-state index in [-0.39, 0.29) is 12.5 Å². The van der Waals surface area contributed by atoms with Gasteiger partial charge >= 0.3 is 0 Å². The van der Waals surface area contributed by atoms with E-state index >= 15 is 0 Å². The average molecular weight is 475 g/mol. The van der Waals surface area contributed by atoms with Crippen molar-refractivity contribution in [1.29, 1.82) is 0 Å². The van der Waals surface area contributed by atoms with Crippen LogP contribution >= 0.6 is 11.3 Å². The van der Waals surface area contributed by atoms with Crippen LogP contribution in [-0.4, -0.2) is 36.1 Å². The van der Waals surface area contributed by atoms with Crippen LogP contribution in [0.3, 0.4) is 0 Å². The molecule has 7 nitrogen and oxygen atoms in total. The number of carbonyl (C=O) groups is 3. The van der Waals surface area contributed by atoms with Crippen molar-refractivity contribution >= 4 is 29.3 Å². The summed E-state index contributed by atoms with van der Waals surface area (Å²) >= 11 is 1.37. The number of nitrogens with zero attached hydrogens (tertiary/aromatic N) is 1. The van der Waals surface area contributed by atoms with E-state index in [4.69, 9.17) is 9.15 Å². The lowest BCUT2D eigenvalue weighted by atomic mass is 10.0. The lowest BCUT2D eigenvalue weighted by Gasteiger charge is -2.13. The first-order valence-corrected chi connectivity index (χ1v) is 11.6. The number of Topliss-reactive ketones (excluding diaryl/α,β-unsaturated/α-hetero) is 1. The second kappa shape index (κ2) is 11.2. The molecule has 0 saturated heterocycles. The highest BCUT2D eigenvalue weighted by atomic mass is 32.1. The molecule has 4 rings (SSSR count). The number of aldehydes is 1. The summed E-state index contributed by atoms with van der Waals surface area (Å²) in [5.41, 5.74) is 2.14. The van der Waals surface area contributed by atoms with Gasteiger partial charge in [0.15, 0.2) is 6.29 Å². The third-order valence-corrected chi connectivity index (χ3v) is 6.11. The van der Waals surface area contributed by atoms with Crippen molar-refractivity contribution in [2.24, 2.45) is 0 Å². The highest BCUT2D eigenvalue weighted by molar-refractivity contribution is 7.10. The predicted molar refractivity (Wildman–Crippen MR) is 128 cm³/mol. The molecule has 8 heteroatoms. The zero-order chi connectivity index (χ0) is 23.8. The van der Waals surface area contributed by atoms with Crippen molar-refractivity contribution in [2.75, 3.05) is 13.2 Å². The largest absolute Gasteiger partial charge is 0.493 e. The Labute approximate surface area is 200 Å². The molecule has 172 valence electrons. The fourth-order valence-corrected chi connectivity index (χ4v) is 4.16. The smallest absolute Gasteiger partial charge is 0.251 e. The fourth-order valence-electron chi connectivity index (χ4n) is 3.32. The van der Waals surface area contributed by atoms with E-state index in [1.54, 1.807) is 42.7 Å². The van der Waals surface area contributed by atoms with E-state index in [2.05, 4.69) is 10.3 Å². The maximum absolute atomic E-state index is 12.5. The summed E-state index contributed by atoms with van der Waals surface area (Å²) in [7, 11) is 0. The summed E-state index contributed by atoms with van der Waals surface area (Å²) in [6.07, 6.45) is 2.50. The number of hydrogen-bond acceptors (Lipinski definition) is 7. The first kappa shape index (κ1) is 23.1. The number of benzene rings is 2. The van der Waals surface area contributed by atoms with Gasteiger partial charge in [-0.25, -0.2) is 4.98 Å². The first-order valence-electron chi connectivity index (χ1n) is 10.7. The van der Waals surface area contributed by atoms with Gasteiger partial charge in [-0.2, -0.15) is 0 Å². The quantitative estimate of drug-likeness (QED) is 0.257. The molecule has 1 N–H and O–H groups in total. The second-order valence-corrected chi connectivity index (χ2v) is 8.41. The van der Waals surface area contributed by atoms with Gasteiger partial charge in [-0.1, -0.05) is 24.3 Å². The van der Waals surface area contributed by atoms with Gasteiger partial charge in [-0.15, -0.1) is 11.3 Å². The van der Waals surface area contributed by atoms with Gasteiger partial charge < -0.3 is 14.5 Å². The van der Waals surface area contributed by atoms with Crippen LogP contribution in [0.2, 0.25) is 0 Å². The van der Waals surface area contributed by atoms with Crippen LogP contribution < -0.4 is 10.1 Å². The van der Waals surface area contributed by atoms with E-state index in [0.717, 1.165) is 16.1 Å². The first-order chi connectivity index (χ1) is 16.6. The molecule has 0 spiro atoms. The molecule has 2 aromatic carbocycles. The molecular weight excluding hydrogens is 452 g/mol. The van der Waals surface area contributed by atoms with Crippen molar-refractivity contribution in [3.63, 3.8) is 0 Å². The van der Waals surface area contributed by atoms with E-state index in [1.807, 2.05) is 35.7 Å². The Morgan fingerprint density at radius 1 is 1.06 bits per heavy atom. The van der Waals surface area contributed by atoms with Crippen molar-refractivity contribution in [2.45, 2.75) is 12.3 Å². The molecule has 2 heterocycles. The minimum atomic E-state index is -0.678. The molecule has 34 heavy (non-hydrogen) atoms. The van der Waals surface area contributed by atoms with Crippen LogP contribution in [0.4, 0.5) is 0 Å². The maximum atomic E-state index is 12.5. The third-order valence-electron chi connectivity index (χ3n) is 5.13. The summed E-state index contributed by atoms with van der Waals surface area (Å²) < 4.78 is 11.3. The van der Waals surface area contributed by atoms with Crippen LogP contribution in [-0.2, 0) is 16.0 Å². The number of carbonyl (C=O) groups excluding carboxylic acids is 3.